The van der Waals surface area contributed by atoms with Gasteiger partial charge in [-0.3, -0.25) is 4.79 Å². The third-order valence-electron chi connectivity index (χ3n) is 7.27. The lowest BCUT2D eigenvalue weighted by molar-refractivity contribution is -0.241. The molecule has 1 heterocycles. The SMILES string of the molecule is Cc1ccc(S[C@@H]2O[C@@H](C)[C@H](OCc3ccccc3)[C@@H](OCc3ccccc3)[C@H]2OC(=O)C(C)(C)CCN=[N+]=[N-])cc1. The van der Waals surface area contributed by atoms with Gasteiger partial charge in [0.25, 0.3) is 0 Å². The van der Waals surface area contributed by atoms with Crippen LogP contribution < -0.4 is 0 Å². The van der Waals surface area contributed by atoms with Crippen LogP contribution in [0.1, 0.15) is 43.9 Å². The number of thioether (sulfide) groups is 1. The smallest absolute Gasteiger partial charge is 0.312 e. The Kier molecular flexibility index (Phi) is 11.5. The van der Waals surface area contributed by atoms with Crippen molar-refractivity contribution in [3.05, 3.63) is 112 Å². The van der Waals surface area contributed by atoms with Crippen LogP contribution in [-0.2, 0) is 37.0 Å². The first kappa shape index (κ1) is 31.6. The molecule has 0 bridgehead atoms. The molecular formula is C33H39N3O5S. The second-order valence-corrected chi connectivity index (χ2v) is 12.3. The molecule has 1 saturated heterocycles. The van der Waals surface area contributed by atoms with Crippen LogP contribution in [0.25, 0.3) is 10.4 Å². The summed E-state index contributed by atoms with van der Waals surface area (Å²) in [6.45, 7) is 8.46. The van der Waals surface area contributed by atoms with E-state index in [1.165, 1.54) is 11.8 Å². The minimum Gasteiger partial charge on any atom is -0.455 e. The van der Waals surface area contributed by atoms with Gasteiger partial charge in [-0.1, -0.05) is 95.2 Å². The molecule has 0 unspecified atom stereocenters. The predicted octanol–water partition coefficient (Wildman–Crippen LogP) is 7.64. The average molecular weight is 590 g/mol. The largest absolute Gasteiger partial charge is 0.455 e. The molecule has 0 N–H and O–H groups in total. The third kappa shape index (κ3) is 8.84. The van der Waals surface area contributed by atoms with E-state index in [4.69, 9.17) is 24.5 Å². The number of benzene rings is 3. The molecule has 0 aliphatic carbocycles. The van der Waals surface area contributed by atoms with Crippen molar-refractivity contribution in [2.24, 2.45) is 10.5 Å². The highest BCUT2D eigenvalue weighted by atomic mass is 32.2. The predicted molar refractivity (Wildman–Crippen MR) is 164 cm³/mol. The molecule has 42 heavy (non-hydrogen) atoms. The summed E-state index contributed by atoms with van der Waals surface area (Å²) in [6, 6.07) is 28.0. The summed E-state index contributed by atoms with van der Waals surface area (Å²) in [5, 5.41) is 3.62. The monoisotopic (exact) mass is 589 g/mol. The van der Waals surface area contributed by atoms with Crippen LogP contribution in [0.3, 0.4) is 0 Å². The van der Waals surface area contributed by atoms with Gasteiger partial charge < -0.3 is 18.9 Å². The molecule has 0 spiro atoms. The molecule has 1 fully saturated rings. The molecule has 4 rings (SSSR count). The summed E-state index contributed by atoms with van der Waals surface area (Å²) in [6.07, 6.45) is -1.89. The first-order chi connectivity index (χ1) is 20.3. The molecule has 0 saturated carbocycles. The first-order valence-corrected chi connectivity index (χ1v) is 15.1. The Hall–Kier alpha value is -3.33. The lowest BCUT2D eigenvalue weighted by Crippen LogP contribution is -2.59. The molecule has 0 radical (unpaired) electrons. The number of carbonyl (C=O) groups is 1. The Bertz CT molecular complexity index is 1320. The lowest BCUT2D eigenvalue weighted by atomic mass is 9.89. The molecule has 222 valence electrons. The van der Waals surface area contributed by atoms with Crippen LogP contribution in [-0.4, -0.2) is 42.4 Å². The maximum absolute atomic E-state index is 13.6. The molecule has 8 nitrogen and oxygen atoms in total. The van der Waals surface area contributed by atoms with Crippen molar-refractivity contribution in [1.82, 2.24) is 0 Å². The van der Waals surface area contributed by atoms with E-state index >= 15 is 0 Å². The van der Waals surface area contributed by atoms with Gasteiger partial charge in [0.15, 0.2) is 6.10 Å². The van der Waals surface area contributed by atoms with E-state index in [1.54, 1.807) is 13.8 Å². The molecule has 0 amide bonds. The molecule has 3 aromatic rings. The summed E-state index contributed by atoms with van der Waals surface area (Å²) < 4.78 is 25.9. The molecule has 0 aromatic heterocycles. The van der Waals surface area contributed by atoms with Gasteiger partial charge in [-0.15, -0.1) is 0 Å². The molecule has 9 heteroatoms. The van der Waals surface area contributed by atoms with Crippen molar-refractivity contribution in [2.75, 3.05) is 6.54 Å². The van der Waals surface area contributed by atoms with Crippen LogP contribution >= 0.6 is 11.8 Å². The number of ether oxygens (including phenoxy) is 4. The number of carbonyl (C=O) groups excluding carboxylic acids is 1. The topological polar surface area (TPSA) is 103 Å². The Morgan fingerprint density at radius 2 is 1.48 bits per heavy atom. The van der Waals surface area contributed by atoms with E-state index in [2.05, 4.69) is 10.0 Å². The molecule has 5 atom stereocenters. The van der Waals surface area contributed by atoms with Crippen LogP contribution in [0, 0.1) is 12.3 Å². The quantitative estimate of drug-likeness (QED) is 0.0878. The van der Waals surface area contributed by atoms with Gasteiger partial charge in [-0.2, -0.15) is 0 Å². The highest BCUT2D eigenvalue weighted by Crippen LogP contribution is 2.39. The Balaban J connectivity index is 1.65. The number of rotatable bonds is 13. The summed E-state index contributed by atoms with van der Waals surface area (Å²) >= 11 is 1.50. The van der Waals surface area contributed by atoms with Crippen molar-refractivity contribution < 1.29 is 23.7 Å². The summed E-state index contributed by atoms with van der Waals surface area (Å²) in [5.41, 5.74) is 10.5. The molecule has 1 aliphatic heterocycles. The zero-order valence-electron chi connectivity index (χ0n) is 24.6. The van der Waals surface area contributed by atoms with E-state index < -0.39 is 35.1 Å². The number of esters is 1. The maximum Gasteiger partial charge on any atom is 0.312 e. The van der Waals surface area contributed by atoms with Gasteiger partial charge >= 0.3 is 5.97 Å². The highest BCUT2D eigenvalue weighted by molar-refractivity contribution is 7.99. The van der Waals surface area contributed by atoms with E-state index in [-0.39, 0.29) is 12.6 Å². The van der Waals surface area contributed by atoms with Crippen molar-refractivity contribution >= 4 is 17.7 Å². The number of hydrogen-bond donors (Lipinski definition) is 0. The first-order valence-electron chi connectivity index (χ1n) is 14.2. The third-order valence-corrected chi connectivity index (χ3v) is 8.42. The Morgan fingerprint density at radius 1 is 0.905 bits per heavy atom. The zero-order chi connectivity index (χ0) is 30.0. The van der Waals surface area contributed by atoms with Gasteiger partial charge in [0.1, 0.15) is 17.6 Å². The summed E-state index contributed by atoms with van der Waals surface area (Å²) in [4.78, 5) is 17.5. The number of azide groups is 1. The van der Waals surface area contributed by atoms with E-state index in [0.29, 0.717) is 19.6 Å². The highest BCUT2D eigenvalue weighted by Gasteiger charge is 2.49. The van der Waals surface area contributed by atoms with Gasteiger partial charge in [0.05, 0.1) is 24.7 Å². The van der Waals surface area contributed by atoms with Crippen molar-refractivity contribution in [2.45, 2.75) is 82.1 Å². The summed E-state index contributed by atoms with van der Waals surface area (Å²) in [7, 11) is 0. The van der Waals surface area contributed by atoms with E-state index in [9.17, 15) is 4.79 Å². The summed E-state index contributed by atoms with van der Waals surface area (Å²) in [5.74, 6) is -0.414. The fourth-order valence-corrected chi connectivity index (χ4v) is 5.79. The average Bonchev–Trinajstić information content (AvgIpc) is 2.99. The van der Waals surface area contributed by atoms with E-state index in [0.717, 1.165) is 21.6 Å². The molecule has 1 aliphatic rings. The minimum absolute atomic E-state index is 0.190. The number of nitrogens with zero attached hydrogens (tertiary/aromatic N) is 3. The maximum atomic E-state index is 13.6. The van der Waals surface area contributed by atoms with Crippen LogP contribution in [0.4, 0.5) is 0 Å². The van der Waals surface area contributed by atoms with Crippen molar-refractivity contribution in [3.8, 4) is 0 Å². The second kappa shape index (κ2) is 15.2. The minimum atomic E-state index is -0.888. The zero-order valence-corrected chi connectivity index (χ0v) is 25.4. The normalized spacial score (nSPS) is 22.2. The van der Waals surface area contributed by atoms with Crippen LogP contribution in [0.2, 0.25) is 0 Å². The molecular weight excluding hydrogens is 550 g/mol. The lowest BCUT2D eigenvalue weighted by Gasteiger charge is -2.45. The molecule has 3 aromatic carbocycles. The van der Waals surface area contributed by atoms with Gasteiger partial charge in [0, 0.05) is 16.4 Å². The fraction of sp³-hybridized carbons (Fsp3) is 0.424. The Morgan fingerprint density at radius 3 is 2.05 bits per heavy atom. The Labute approximate surface area is 252 Å². The van der Waals surface area contributed by atoms with Crippen molar-refractivity contribution in [1.29, 1.82) is 0 Å². The van der Waals surface area contributed by atoms with Crippen LogP contribution in [0.5, 0.6) is 0 Å². The van der Waals surface area contributed by atoms with E-state index in [1.807, 2.05) is 98.8 Å². The van der Waals surface area contributed by atoms with Gasteiger partial charge in [-0.05, 0) is 62.9 Å². The number of aryl methyl sites for hydroxylation is 1. The van der Waals surface area contributed by atoms with Crippen molar-refractivity contribution in [3.63, 3.8) is 0 Å². The second-order valence-electron chi connectivity index (χ2n) is 11.1. The van der Waals surface area contributed by atoms with Gasteiger partial charge in [0.2, 0.25) is 0 Å². The standard InChI is InChI=1S/C33H39N3O5S/c1-23-15-17-27(18-16-23)42-31-30(41-32(37)33(3,4)19-20-35-36-34)29(39-22-26-13-9-6-10-14-26)28(24(2)40-31)38-21-25-11-7-5-8-12-25/h5-18,24,28-31H,19-22H2,1-4H3/t24-,28-,29+,30+,31-/m0/s1. The van der Waals surface area contributed by atoms with Crippen LogP contribution in [0.15, 0.2) is 94.9 Å². The fourth-order valence-electron chi connectivity index (χ4n) is 4.66. The van der Waals surface area contributed by atoms with Gasteiger partial charge in [-0.25, -0.2) is 0 Å². The number of hydrogen-bond acceptors (Lipinski definition) is 7.